The van der Waals surface area contributed by atoms with E-state index in [-0.39, 0.29) is 12.5 Å². The standard InChI is InChI=1S/C10H11ClN2O2/c11-9-4-3-8(5-12-9)15-6-10(14)13-7-1-2-7/h3-5,7H,1-2,6H2,(H,13,14). The molecular formula is C10H11ClN2O2. The van der Waals surface area contributed by atoms with Gasteiger partial charge in [0, 0.05) is 6.04 Å². The number of amides is 1. The van der Waals surface area contributed by atoms with Crippen LogP contribution >= 0.6 is 11.6 Å². The Morgan fingerprint density at radius 2 is 2.40 bits per heavy atom. The molecule has 1 aliphatic carbocycles. The van der Waals surface area contributed by atoms with Crippen LogP contribution in [-0.2, 0) is 4.79 Å². The van der Waals surface area contributed by atoms with Crippen molar-refractivity contribution in [1.29, 1.82) is 0 Å². The number of nitrogens with one attached hydrogen (secondary N) is 1. The van der Waals surface area contributed by atoms with E-state index < -0.39 is 0 Å². The van der Waals surface area contributed by atoms with Crippen LogP contribution in [-0.4, -0.2) is 23.5 Å². The Bertz CT molecular complexity index is 349. The highest BCUT2D eigenvalue weighted by Crippen LogP contribution is 2.18. The average molecular weight is 227 g/mol. The monoisotopic (exact) mass is 226 g/mol. The van der Waals surface area contributed by atoms with E-state index in [0.29, 0.717) is 16.9 Å². The van der Waals surface area contributed by atoms with Crippen molar-refractivity contribution in [3.63, 3.8) is 0 Å². The molecule has 1 aromatic heterocycles. The number of nitrogens with zero attached hydrogens (tertiary/aromatic N) is 1. The molecule has 0 spiro atoms. The number of hydrogen-bond acceptors (Lipinski definition) is 3. The van der Waals surface area contributed by atoms with Gasteiger partial charge >= 0.3 is 0 Å². The summed E-state index contributed by atoms with van der Waals surface area (Å²) in [6.45, 7) is 0.0276. The molecule has 4 nitrogen and oxygen atoms in total. The molecule has 1 heterocycles. The maximum atomic E-state index is 11.3. The molecular weight excluding hydrogens is 216 g/mol. The molecule has 0 radical (unpaired) electrons. The molecule has 0 aromatic carbocycles. The van der Waals surface area contributed by atoms with Crippen LogP contribution in [0.2, 0.25) is 5.15 Å². The number of carbonyl (C=O) groups excluding carboxylic acids is 1. The van der Waals surface area contributed by atoms with Gasteiger partial charge < -0.3 is 10.1 Å². The lowest BCUT2D eigenvalue weighted by Crippen LogP contribution is -2.30. The number of carbonyl (C=O) groups is 1. The first-order chi connectivity index (χ1) is 7.24. The third kappa shape index (κ3) is 3.40. The highest BCUT2D eigenvalue weighted by molar-refractivity contribution is 6.29. The molecule has 80 valence electrons. The first kappa shape index (κ1) is 10.2. The highest BCUT2D eigenvalue weighted by Gasteiger charge is 2.23. The van der Waals surface area contributed by atoms with Crippen LogP contribution in [0.25, 0.3) is 0 Å². The second-order valence-corrected chi connectivity index (χ2v) is 3.83. The number of pyridine rings is 1. The van der Waals surface area contributed by atoms with Crippen LogP contribution in [0.15, 0.2) is 18.3 Å². The summed E-state index contributed by atoms with van der Waals surface area (Å²) in [5.41, 5.74) is 0. The molecule has 1 aliphatic rings. The maximum Gasteiger partial charge on any atom is 0.258 e. The average Bonchev–Trinajstić information content (AvgIpc) is 3.01. The van der Waals surface area contributed by atoms with Gasteiger partial charge in [-0.05, 0) is 25.0 Å². The van der Waals surface area contributed by atoms with Crippen molar-refractivity contribution in [2.45, 2.75) is 18.9 Å². The summed E-state index contributed by atoms with van der Waals surface area (Å²) in [6, 6.07) is 3.67. The lowest BCUT2D eigenvalue weighted by molar-refractivity contribution is -0.123. The minimum absolute atomic E-state index is 0.0276. The van der Waals surface area contributed by atoms with Gasteiger partial charge in [-0.15, -0.1) is 0 Å². The van der Waals surface area contributed by atoms with Gasteiger partial charge in [0.1, 0.15) is 10.9 Å². The SMILES string of the molecule is O=C(COc1ccc(Cl)nc1)NC1CC1. The van der Waals surface area contributed by atoms with Crippen molar-refractivity contribution in [1.82, 2.24) is 10.3 Å². The normalized spacial score (nSPS) is 14.7. The van der Waals surface area contributed by atoms with Crippen molar-refractivity contribution < 1.29 is 9.53 Å². The third-order valence-corrected chi connectivity index (χ3v) is 2.24. The minimum Gasteiger partial charge on any atom is -0.482 e. The third-order valence-electron chi connectivity index (χ3n) is 2.01. The quantitative estimate of drug-likeness (QED) is 0.790. The lowest BCUT2D eigenvalue weighted by atomic mass is 10.4. The van der Waals surface area contributed by atoms with E-state index in [1.165, 1.54) is 6.20 Å². The Balaban J connectivity index is 1.76. The molecule has 1 N–H and O–H groups in total. The van der Waals surface area contributed by atoms with E-state index in [9.17, 15) is 4.79 Å². The zero-order valence-electron chi connectivity index (χ0n) is 8.07. The van der Waals surface area contributed by atoms with Gasteiger partial charge in [0.05, 0.1) is 6.20 Å². The van der Waals surface area contributed by atoms with Crippen LogP contribution in [0.3, 0.4) is 0 Å². The summed E-state index contributed by atoms with van der Waals surface area (Å²) in [5.74, 6) is 0.456. The molecule has 5 heteroatoms. The van der Waals surface area contributed by atoms with Gasteiger partial charge in [-0.2, -0.15) is 0 Å². The summed E-state index contributed by atoms with van der Waals surface area (Å²) in [6.07, 6.45) is 3.65. The summed E-state index contributed by atoms with van der Waals surface area (Å²) < 4.78 is 5.22. The Morgan fingerprint density at radius 1 is 1.60 bits per heavy atom. The predicted molar refractivity (Wildman–Crippen MR) is 55.9 cm³/mol. The van der Waals surface area contributed by atoms with Gasteiger partial charge in [-0.3, -0.25) is 4.79 Å². The van der Waals surface area contributed by atoms with Crippen molar-refractivity contribution in [2.75, 3.05) is 6.61 Å². The molecule has 15 heavy (non-hydrogen) atoms. The molecule has 0 unspecified atom stereocenters. The van der Waals surface area contributed by atoms with Crippen LogP contribution in [0, 0.1) is 0 Å². The summed E-state index contributed by atoms with van der Waals surface area (Å²) in [4.78, 5) is 15.1. The minimum atomic E-state index is -0.0903. The van der Waals surface area contributed by atoms with E-state index in [4.69, 9.17) is 16.3 Å². The van der Waals surface area contributed by atoms with Crippen molar-refractivity contribution in [3.8, 4) is 5.75 Å². The highest BCUT2D eigenvalue weighted by atomic mass is 35.5. The summed E-state index contributed by atoms with van der Waals surface area (Å²) in [7, 11) is 0. The molecule has 0 atom stereocenters. The second kappa shape index (κ2) is 4.49. The number of rotatable bonds is 4. The van der Waals surface area contributed by atoms with E-state index >= 15 is 0 Å². The van der Waals surface area contributed by atoms with Crippen molar-refractivity contribution in [3.05, 3.63) is 23.5 Å². The van der Waals surface area contributed by atoms with E-state index in [2.05, 4.69) is 10.3 Å². The first-order valence-corrected chi connectivity index (χ1v) is 5.15. The smallest absolute Gasteiger partial charge is 0.258 e. The van der Waals surface area contributed by atoms with Gasteiger partial charge in [0.2, 0.25) is 0 Å². The molecule has 2 rings (SSSR count). The first-order valence-electron chi connectivity index (χ1n) is 4.78. The Kier molecular flexibility index (Phi) is 3.06. The van der Waals surface area contributed by atoms with Gasteiger partial charge in [0.15, 0.2) is 6.61 Å². The zero-order valence-corrected chi connectivity index (χ0v) is 8.83. The van der Waals surface area contributed by atoms with E-state index in [1.54, 1.807) is 12.1 Å². The molecule has 1 saturated carbocycles. The molecule has 0 aliphatic heterocycles. The predicted octanol–water partition coefficient (Wildman–Crippen LogP) is 1.39. The van der Waals surface area contributed by atoms with E-state index in [1.807, 2.05) is 0 Å². The number of hydrogen-bond donors (Lipinski definition) is 1. The summed E-state index contributed by atoms with van der Waals surface area (Å²) >= 11 is 5.61. The fraction of sp³-hybridized carbons (Fsp3) is 0.400. The number of ether oxygens (including phenoxy) is 1. The number of aromatic nitrogens is 1. The largest absolute Gasteiger partial charge is 0.482 e. The van der Waals surface area contributed by atoms with E-state index in [0.717, 1.165) is 12.8 Å². The second-order valence-electron chi connectivity index (χ2n) is 3.45. The van der Waals surface area contributed by atoms with Crippen molar-refractivity contribution in [2.24, 2.45) is 0 Å². The van der Waals surface area contributed by atoms with Crippen LogP contribution in [0.5, 0.6) is 5.75 Å². The maximum absolute atomic E-state index is 11.3. The molecule has 0 bridgehead atoms. The van der Waals surface area contributed by atoms with Gasteiger partial charge in [-0.1, -0.05) is 11.6 Å². The zero-order chi connectivity index (χ0) is 10.7. The number of halogens is 1. The Labute approximate surface area is 92.6 Å². The van der Waals surface area contributed by atoms with Crippen LogP contribution in [0.1, 0.15) is 12.8 Å². The topological polar surface area (TPSA) is 51.2 Å². The lowest BCUT2D eigenvalue weighted by Gasteiger charge is -2.05. The molecule has 1 fully saturated rings. The fourth-order valence-corrected chi connectivity index (χ4v) is 1.21. The van der Waals surface area contributed by atoms with Gasteiger partial charge in [-0.25, -0.2) is 4.98 Å². The fourth-order valence-electron chi connectivity index (χ4n) is 1.09. The van der Waals surface area contributed by atoms with Crippen LogP contribution in [0.4, 0.5) is 0 Å². The molecule has 1 amide bonds. The van der Waals surface area contributed by atoms with Crippen molar-refractivity contribution >= 4 is 17.5 Å². The Hall–Kier alpha value is -1.29. The Morgan fingerprint density at radius 3 is 3.00 bits per heavy atom. The van der Waals surface area contributed by atoms with Crippen LogP contribution < -0.4 is 10.1 Å². The van der Waals surface area contributed by atoms with Gasteiger partial charge in [0.25, 0.3) is 5.91 Å². The molecule has 0 saturated heterocycles. The molecule has 1 aromatic rings. The summed E-state index contributed by atoms with van der Waals surface area (Å²) in [5, 5.41) is 3.23.